The summed E-state index contributed by atoms with van der Waals surface area (Å²) in [5, 5.41) is 14.0. The van der Waals surface area contributed by atoms with Crippen molar-refractivity contribution in [2.45, 2.75) is 25.4 Å². The van der Waals surface area contributed by atoms with Gasteiger partial charge < -0.3 is 25.1 Å². The molecule has 0 saturated carbocycles. The van der Waals surface area contributed by atoms with Crippen molar-refractivity contribution in [1.82, 2.24) is 15.5 Å². The second-order valence-electron chi connectivity index (χ2n) is 6.89. The summed E-state index contributed by atoms with van der Waals surface area (Å²) < 4.78 is 5.74. The summed E-state index contributed by atoms with van der Waals surface area (Å²) in [5.41, 5.74) is 1.12. The molecular formula is C21H21N3O6. The van der Waals surface area contributed by atoms with Gasteiger partial charge in [-0.05, 0) is 19.1 Å². The number of furan rings is 1. The largest absolute Gasteiger partial charge is 0.481 e. The number of carbonyl (C=O) groups excluding carboxylic acids is 3. The number of nitrogens with zero attached hydrogens (tertiary/aromatic N) is 1. The van der Waals surface area contributed by atoms with Gasteiger partial charge in [0.2, 0.25) is 0 Å². The number of carboxylic acid groups (broad SMARTS) is 1. The molecule has 1 unspecified atom stereocenters. The number of hydrogen-bond donors (Lipinski definition) is 3. The minimum absolute atomic E-state index is 0.237. The van der Waals surface area contributed by atoms with Gasteiger partial charge in [-0.3, -0.25) is 14.4 Å². The molecule has 3 rings (SSSR count). The van der Waals surface area contributed by atoms with Crippen molar-refractivity contribution in [3.05, 3.63) is 60.0 Å². The van der Waals surface area contributed by atoms with Crippen LogP contribution in [0.4, 0.5) is 4.79 Å². The van der Waals surface area contributed by atoms with Gasteiger partial charge in [-0.25, -0.2) is 4.79 Å². The molecule has 156 valence electrons. The van der Waals surface area contributed by atoms with E-state index < -0.39 is 42.2 Å². The zero-order valence-corrected chi connectivity index (χ0v) is 16.4. The van der Waals surface area contributed by atoms with Crippen LogP contribution in [0.25, 0.3) is 11.3 Å². The lowest BCUT2D eigenvalue weighted by Gasteiger charge is -2.27. The number of benzene rings is 1. The number of likely N-dealkylation sites (N-methyl/N-ethyl adjacent to an activating group) is 1. The Bertz CT molecular complexity index is 1010. The summed E-state index contributed by atoms with van der Waals surface area (Å²) >= 11 is 0. The molecule has 1 aromatic carbocycles. The van der Waals surface area contributed by atoms with Crippen molar-refractivity contribution >= 4 is 23.7 Å². The van der Waals surface area contributed by atoms with Crippen LogP contribution >= 0.6 is 0 Å². The van der Waals surface area contributed by atoms with Crippen molar-refractivity contribution in [2.24, 2.45) is 0 Å². The van der Waals surface area contributed by atoms with Crippen LogP contribution in [0.3, 0.4) is 0 Å². The minimum Gasteiger partial charge on any atom is -0.481 e. The summed E-state index contributed by atoms with van der Waals surface area (Å²) in [7, 11) is 1.48. The second-order valence-corrected chi connectivity index (χ2v) is 6.89. The van der Waals surface area contributed by atoms with Gasteiger partial charge in [-0.15, -0.1) is 0 Å². The standard InChI is InChI=1S/C21H21N3O6/c1-12-11-24(2)20(28)18(19(12)27)23-21(29)22-14(10-17(25)26)16-9-8-15(30-16)13-6-4-3-5-7-13/h3-9,11,14,18H,10H2,1-2H3,(H,25,26)(H2,22,23,29)/t14-,18?/m0/s1. The van der Waals surface area contributed by atoms with Gasteiger partial charge in [0.05, 0.1) is 12.5 Å². The number of carbonyl (C=O) groups is 4. The van der Waals surface area contributed by atoms with E-state index in [2.05, 4.69) is 10.6 Å². The normalized spacial score (nSPS) is 17.3. The first-order valence-electron chi connectivity index (χ1n) is 9.19. The lowest BCUT2D eigenvalue weighted by molar-refractivity contribution is -0.138. The first kappa shape index (κ1) is 20.8. The molecule has 2 aromatic rings. The zero-order valence-electron chi connectivity index (χ0n) is 16.4. The second kappa shape index (κ2) is 8.64. The Morgan fingerprint density at radius 3 is 2.53 bits per heavy atom. The topological polar surface area (TPSA) is 129 Å². The lowest BCUT2D eigenvalue weighted by Crippen LogP contribution is -2.56. The first-order valence-corrected chi connectivity index (χ1v) is 9.19. The number of amides is 3. The zero-order chi connectivity index (χ0) is 21.8. The van der Waals surface area contributed by atoms with Crippen LogP contribution in [-0.4, -0.2) is 46.8 Å². The summed E-state index contributed by atoms with van der Waals surface area (Å²) in [6.07, 6.45) is 0.947. The van der Waals surface area contributed by atoms with E-state index in [1.54, 1.807) is 19.1 Å². The maximum absolute atomic E-state index is 12.5. The Labute approximate surface area is 172 Å². The molecule has 0 spiro atoms. The van der Waals surface area contributed by atoms with E-state index in [4.69, 9.17) is 4.42 Å². The maximum Gasteiger partial charge on any atom is 0.316 e. The molecule has 0 aliphatic carbocycles. The average Bonchev–Trinajstić information content (AvgIpc) is 3.20. The van der Waals surface area contributed by atoms with Crippen LogP contribution in [0.5, 0.6) is 0 Å². The summed E-state index contributed by atoms with van der Waals surface area (Å²) in [4.78, 5) is 49.4. The van der Waals surface area contributed by atoms with E-state index in [1.165, 1.54) is 18.1 Å². The molecule has 0 saturated heterocycles. The van der Waals surface area contributed by atoms with E-state index in [0.717, 1.165) is 5.56 Å². The van der Waals surface area contributed by atoms with Crippen LogP contribution in [0.15, 0.2) is 58.7 Å². The minimum atomic E-state index is -1.37. The van der Waals surface area contributed by atoms with Crippen molar-refractivity contribution in [3.63, 3.8) is 0 Å². The number of aliphatic carboxylic acids is 1. The molecule has 1 aliphatic rings. The molecule has 9 nitrogen and oxygen atoms in total. The Balaban J connectivity index is 1.75. The molecular weight excluding hydrogens is 390 g/mol. The fourth-order valence-electron chi connectivity index (χ4n) is 3.11. The highest BCUT2D eigenvalue weighted by molar-refractivity contribution is 6.16. The average molecular weight is 411 g/mol. The van der Waals surface area contributed by atoms with Gasteiger partial charge >= 0.3 is 12.0 Å². The van der Waals surface area contributed by atoms with Crippen LogP contribution in [0.1, 0.15) is 25.1 Å². The number of nitrogens with one attached hydrogen (secondary N) is 2. The smallest absolute Gasteiger partial charge is 0.316 e. The van der Waals surface area contributed by atoms with Gasteiger partial charge in [0, 0.05) is 24.4 Å². The molecule has 0 fully saturated rings. The molecule has 0 radical (unpaired) electrons. The van der Waals surface area contributed by atoms with Crippen molar-refractivity contribution in [2.75, 3.05) is 7.05 Å². The fraction of sp³-hybridized carbons (Fsp3) is 0.238. The summed E-state index contributed by atoms with van der Waals surface area (Å²) in [6, 6.07) is 9.23. The number of rotatable bonds is 6. The predicted octanol–water partition coefficient (Wildman–Crippen LogP) is 2.08. The number of carboxylic acids is 1. The Hall–Kier alpha value is -3.88. The van der Waals surface area contributed by atoms with Crippen molar-refractivity contribution in [3.8, 4) is 11.3 Å². The maximum atomic E-state index is 12.5. The van der Waals surface area contributed by atoms with Gasteiger partial charge in [0.25, 0.3) is 5.91 Å². The lowest BCUT2D eigenvalue weighted by atomic mass is 10.0. The van der Waals surface area contributed by atoms with E-state index in [1.807, 2.05) is 30.3 Å². The first-order chi connectivity index (χ1) is 14.3. The molecule has 2 atom stereocenters. The summed E-state index contributed by atoms with van der Waals surface area (Å²) in [5.74, 6) is -1.50. The summed E-state index contributed by atoms with van der Waals surface area (Å²) in [6.45, 7) is 1.54. The highest BCUT2D eigenvalue weighted by atomic mass is 16.4. The monoisotopic (exact) mass is 411 g/mol. The molecule has 1 aliphatic heterocycles. The molecule has 2 heterocycles. The van der Waals surface area contributed by atoms with Crippen molar-refractivity contribution < 1.29 is 28.7 Å². The fourth-order valence-corrected chi connectivity index (χ4v) is 3.11. The molecule has 0 bridgehead atoms. The molecule has 30 heavy (non-hydrogen) atoms. The predicted molar refractivity (Wildman–Crippen MR) is 106 cm³/mol. The molecule has 1 aromatic heterocycles. The van der Waals surface area contributed by atoms with Crippen LogP contribution in [-0.2, 0) is 14.4 Å². The highest BCUT2D eigenvalue weighted by Crippen LogP contribution is 2.26. The Kier molecular flexibility index (Phi) is 6.01. The number of Topliss-reactive ketones (excluding diaryl/α,β-unsaturated/α-hetero) is 1. The van der Waals surface area contributed by atoms with E-state index in [0.29, 0.717) is 11.3 Å². The Morgan fingerprint density at radius 1 is 1.17 bits per heavy atom. The van der Waals surface area contributed by atoms with E-state index in [-0.39, 0.29) is 5.76 Å². The third kappa shape index (κ3) is 4.57. The Morgan fingerprint density at radius 2 is 1.87 bits per heavy atom. The van der Waals surface area contributed by atoms with Crippen LogP contribution in [0.2, 0.25) is 0 Å². The van der Waals surface area contributed by atoms with Gasteiger partial charge in [-0.2, -0.15) is 0 Å². The molecule has 3 N–H and O–H groups in total. The van der Waals surface area contributed by atoms with Gasteiger partial charge in [0.1, 0.15) is 11.5 Å². The number of ketones is 1. The highest BCUT2D eigenvalue weighted by Gasteiger charge is 2.35. The third-order valence-corrected chi connectivity index (χ3v) is 4.62. The SMILES string of the molecule is CC1=CN(C)C(=O)C(NC(=O)N[C@@H](CC(=O)O)c2ccc(-c3ccccc3)o2)C1=O. The quantitative estimate of drug-likeness (QED) is 0.624. The van der Waals surface area contributed by atoms with Crippen LogP contribution in [0, 0.1) is 0 Å². The van der Waals surface area contributed by atoms with E-state index in [9.17, 15) is 24.3 Å². The molecule has 9 heteroatoms. The van der Waals surface area contributed by atoms with Crippen LogP contribution < -0.4 is 10.6 Å². The number of urea groups is 1. The van der Waals surface area contributed by atoms with Gasteiger partial charge in [-0.1, -0.05) is 30.3 Å². The van der Waals surface area contributed by atoms with E-state index >= 15 is 0 Å². The number of hydrogen-bond acceptors (Lipinski definition) is 5. The molecule has 3 amide bonds. The third-order valence-electron chi connectivity index (χ3n) is 4.62. The van der Waals surface area contributed by atoms with Gasteiger partial charge in [0.15, 0.2) is 11.8 Å². The van der Waals surface area contributed by atoms with Crippen molar-refractivity contribution in [1.29, 1.82) is 0 Å².